The number of aromatic amines is 1. The topological polar surface area (TPSA) is 109 Å². The summed E-state index contributed by atoms with van der Waals surface area (Å²) in [5.41, 5.74) is 5.52. The van der Waals surface area contributed by atoms with Crippen LogP contribution in [0.4, 0.5) is 5.95 Å². The average molecular weight is 195 g/mol. The molecule has 4 N–H and O–H groups in total. The van der Waals surface area contributed by atoms with Gasteiger partial charge in [-0.05, 0) is 0 Å². The lowest BCUT2D eigenvalue weighted by Gasteiger charge is -1.96. The van der Waals surface area contributed by atoms with Crippen molar-refractivity contribution in [2.45, 2.75) is 6.42 Å². The second kappa shape index (κ2) is 3.11. The maximum absolute atomic E-state index is 11.3. The summed E-state index contributed by atoms with van der Waals surface area (Å²) in [6.07, 6.45) is 1.79. The van der Waals surface area contributed by atoms with Gasteiger partial charge >= 0.3 is 0 Å². The number of rotatable bonds is 2. The Morgan fingerprint density at radius 1 is 1.64 bits per heavy atom. The van der Waals surface area contributed by atoms with Gasteiger partial charge in [-0.3, -0.25) is 9.78 Å². The Morgan fingerprint density at radius 3 is 3.14 bits per heavy atom. The fourth-order valence-corrected chi connectivity index (χ4v) is 1.20. The number of fused-ring (bicyclic) bond motifs is 1. The number of aliphatic hydroxyl groups excluding tert-OH is 1. The minimum Gasteiger partial charge on any atom is -0.396 e. The maximum Gasteiger partial charge on any atom is 0.255 e. The van der Waals surface area contributed by atoms with Gasteiger partial charge in [-0.25, -0.2) is 4.52 Å². The summed E-state index contributed by atoms with van der Waals surface area (Å²) in [5.74, 6) is 0.399. The molecule has 74 valence electrons. The van der Waals surface area contributed by atoms with E-state index in [-0.39, 0.29) is 24.5 Å². The van der Waals surface area contributed by atoms with Gasteiger partial charge in [-0.1, -0.05) is 0 Å². The number of hydrogen-bond acceptors (Lipinski definition) is 5. The second-order valence-electron chi connectivity index (χ2n) is 2.82. The minimum absolute atomic E-state index is 0.0846. The van der Waals surface area contributed by atoms with Gasteiger partial charge in [0.1, 0.15) is 0 Å². The van der Waals surface area contributed by atoms with E-state index in [0.29, 0.717) is 11.3 Å². The van der Waals surface area contributed by atoms with E-state index >= 15 is 0 Å². The lowest BCUT2D eigenvalue weighted by atomic mass is 10.2. The van der Waals surface area contributed by atoms with Crippen molar-refractivity contribution in [1.29, 1.82) is 0 Å². The monoisotopic (exact) mass is 195 g/mol. The molecular weight excluding hydrogens is 186 g/mol. The Hall–Kier alpha value is -1.89. The van der Waals surface area contributed by atoms with Crippen molar-refractivity contribution in [3.05, 3.63) is 22.1 Å². The Kier molecular flexibility index (Phi) is 1.93. The summed E-state index contributed by atoms with van der Waals surface area (Å²) in [4.78, 5) is 17.6. The van der Waals surface area contributed by atoms with Gasteiger partial charge in [-0.2, -0.15) is 4.98 Å². The van der Waals surface area contributed by atoms with Gasteiger partial charge in [0.2, 0.25) is 11.7 Å². The molecule has 0 bridgehead atoms. The van der Waals surface area contributed by atoms with Crippen molar-refractivity contribution in [3.8, 4) is 0 Å². The molecule has 0 aliphatic rings. The summed E-state index contributed by atoms with van der Waals surface area (Å²) in [6.45, 7) is -0.0846. The molecule has 0 radical (unpaired) electrons. The van der Waals surface area contributed by atoms with Crippen LogP contribution in [0.2, 0.25) is 0 Å². The lowest BCUT2D eigenvalue weighted by Crippen LogP contribution is -2.16. The molecule has 0 amide bonds. The summed E-state index contributed by atoms with van der Waals surface area (Å²) >= 11 is 0. The number of nitrogens with zero attached hydrogens (tertiary/aromatic N) is 3. The highest BCUT2D eigenvalue weighted by Gasteiger charge is 2.05. The highest BCUT2D eigenvalue weighted by molar-refractivity contribution is 5.33. The number of aromatic nitrogens is 4. The molecule has 7 heteroatoms. The van der Waals surface area contributed by atoms with E-state index in [2.05, 4.69) is 15.1 Å². The van der Waals surface area contributed by atoms with Gasteiger partial charge in [-0.15, -0.1) is 5.10 Å². The van der Waals surface area contributed by atoms with Gasteiger partial charge in [0, 0.05) is 24.8 Å². The number of anilines is 1. The van der Waals surface area contributed by atoms with Crippen LogP contribution in [0.25, 0.3) is 5.78 Å². The van der Waals surface area contributed by atoms with E-state index in [1.54, 1.807) is 0 Å². The molecule has 2 rings (SSSR count). The highest BCUT2D eigenvalue weighted by atomic mass is 16.3. The SMILES string of the molecule is Nc1nc2[nH]c(=O)c(CCO)cn2n1. The largest absolute Gasteiger partial charge is 0.396 e. The number of hydrogen-bond donors (Lipinski definition) is 3. The van der Waals surface area contributed by atoms with Crippen LogP contribution in [0.1, 0.15) is 5.56 Å². The molecular formula is C7H9N5O2. The molecule has 14 heavy (non-hydrogen) atoms. The van der Waals surface area contributed by atoms with E-state index in [1.165, 1.54) is 10.7 Å². The molecule has 0 aliphatic carbocycles. The smallest absolute Gasteiger partial charge is 0.255 e. The first-order chi connectivity index (χ1) is 6.70. The molecule has 7 nitrogen and oxygen atoms in total. The van der Waals surface area contributed by atoms with E-state index in [0.717, 1.165) is 0 Å². The third kappa shape index (κ3) is 1.33. The van der Waals surface area contributed by atoms with Gasteiger partial charge in [0.25, 0.3) is 5.56 Å². The number of aliphatic hydroxyl groups is 1. The first-order valence-corrected chi connectivity index (χ1v) is 4.05. The Morgan fingerprint density at radius 2 is 2.43 bits per heavy atom. The Bertz CT molecular complexity index is 514. The van der Waals surface area contributed by atoms with Crippen LogP contribution in [0.3, 0.4) is 0 Å². The van der Waals surface area contributed by atoms with Crippen LogP contribution in [0.15, 0.2) is 11.0 Å². The zero-order valence-electron chi connectivity index (χ0n) is 7.27. The van der Waals surface area contributed by atoms with Crippen molar-refractivity contribution in [1.82, 2.24) is 19.6 Å². The maximum atomic E-state index is 11.3. The number of nitrogens with one attached hydrogen (secondary N) is 1. The molecule has 0 aromatic carbocycles. The first-order valence-electron chi connectivity index (χ1n) is 4.05. The zero-order chi connectivity index (χ0) is 10.1. The number of nitrogen functional groups attached to an aromatic ring is 1. The third-order valence-electron chi connectivity index (χ3n) is 1.82. The lowest BCUT2D eigenvalue weighted by molar-refractivity contribution is 0.299. The van der Waals surface area contributed by atoms with Crippen LogP contribution in [0, 0.1) is 0 Å². The normalized spacial score (nSPS) is 10.9. The number of nitrogens with two attached hydrogens (primary N) is 1. The van der Waals surface area contributed by atoms with Crippen molar-refractivity contribution in [2.75, 3.05) is 12.3 Å². The number of H-pyrrole nitrogens is 1. The van der Waals surface area contributed by atoms with Crippen molar-refractivity contribution in [3.63, 3.8) is 0 Å². The standard InChI is InChI=1S/C7H9N5O2/c8-6-10-7-9-5(14)4(1-2-13)3-12(7)11-6/h3,13H,1-2H2,(H3,8,9,10,11,14). The predicted octanol–water partition coefficient (Wildman–Crippen LogP) is -1.47. The quantitative estimate of drug-likeness (QED) is 0.542. The molecule has 0 saturated heterocycles. The average Bonchev–Trinajstić information content (AvgIpc) is 2.45. The molecule has 2 aromatic heterocycles. The van der Waals surface area contributed by atoms with E-state index in [1.807, 2.05) is 0 Å². The summed E-state index contributed by atoms with van der Waals surface area (Å²) in [7, 11) is 0. The molecule has 0 aliphatic heterocycles. The Labute approximate surface area is 78.2 Å². The summed E-state index contributed by atoms with van der Waals surface area (Å²) in [6, 6.07) is 0. The highest BCUT2D eigenvalue weighted by Crippen LogP contribution is 1.98. The molecule has 0 atom stereocenters. The second-order valence-corrected chi connectivity index (χ2v) is 2.82. The molecule has 0 spiro atoms. The molecule has 0 fully saturated rings. The van der Waals surface area contributed by atoms with Gasteiger partial charge in [0.05, 0.1) is 0 Å². The summed E-state index contributed by atoms with van der Waals surface area (Å²) < 4.78 is 1.38. The molecule has 0 saturated carbocycles. The van der Waals surface area contributed by atoms with Crippen LogP contribution in [-0.4, -0.2) is 31.3 Å². The van der Waals surface area contributed by atoms with Gasteiger partial charge < -0.3 is 10.8 Å². The van der Waals surface area contributed by atoms with Crippen molar-refractivity contribution < 1.29 is 5.11 Å². The van der Waals surface area contributed by atoms with Crippen LogP contribution in [0.5, 0.6) is 0 Å². The van der Waals surface area contributed by atoms with Crippen LogP contribution in [-0.2, 0) is 6.42 Å². The minimum atomic E-state index is -0.279. The predicted molar refractivity (Wildman–Crippen MR) is 48.8 cm³/mol. The molecule has 2 aromatic rings. The van der Waals surface area contributed by atoms with E-state index in [4.69, 9.17) is 10.8 Å². The fourth-order valence-electron chi connectivity index (χ4n) is 1.20. The first kappa shape index (κ1) is 8.70. The van der Waals surface area contributed by atoms with Crippen molar-refractivity contribution in [2.24, 2.45) is 0 Å². The van der Waals surface area contributed by atoms with E-state index in [9.17, 15) is 4.79 Å². The van der Waals surface area contributed by atoms with Crippen molar-refractivity contribution >= 4 is 11.7 Å². The summed E-state index contributed by atoms with van der Waals surface area (Å²) in [5, 5.41) is 12.5. The van der Waals surface area contributed by atoms with E-state index < -0.39 is 0 Å². The molecule has 0 unspecified atom stereocenters. The van der Waals surface area contributed by atoms with Crippen LogP contribution >= 0.6 is 0 Å². The van der Waals surface area contributed by atoms with Crippen LogP contribution < -0.4 is 11.3 Å². The zero-order valence-corrected chi connectivity index (χ0v) is 7.27. The third-order valence-corrected chi connectivity index (χ3v) is 1.82. The Balaban J connectivity index is 2.64. The molecule has 2 heterocycles. The van der Waals surface area contributed by atoms with Gasteiger partial charge in [0.15, 0.2) is 0 Å². The fraction of sp³-hybridized carbons (Fsp3) is 0.286.